The lowest BCUT2D eigenvalue weighted by atomic mass is 9.49. The Morgan fingerprint density at radius 3 is 1.13 bits per heavy atom. The van der Waals surface area contributed by atoms with Gasteiger partial charge < -0.3 is 34.3 Å². The minimum atomic E-state index is -0.388. The number of phenolic OH excluding ortho intramolecular Hbond substituents is 3. The quantitative estimate of drug-likeness (QED) is 0.0734. The van der Waals surface area contributed by atoms with Crippen molar-refractivity contribution in [2.24, 2.45) is 47.3 Å². The van der Waals surface area contributed by atoms with E-state index in [1.165, 1.54) is 64.2 Å². The van der Waals surface area contributed by atoms with Gasteiger partial charge in [-0.05, 0) is 241 Å². The van der Waals surface area contributed by atoms with Gasteiger partial charge in [0.25, 0.3) is 0 Å². The lowest BCUT2D eigenvalue weighted by Crippen LogP contribution is -2.59. The zero-order valence-corrected chi connectivity index (χ0v) is 47.9. The molecule has 3 N–H and O–H groups in total. The van der Waals surface area contributed by atoms with E-state index >= 15 is 0 Å². The molecule has 8 aliphatic carbocycles. The third-order valence-corrected chi connectivity index (χ3v) is 20.8. The monoisotopic (exact) mass is 1060 g/mol. The van der Waals surface area contributed by atoms with E-state index in [4.69, 9.17) is 18.9 Å². The molecule has 5 aromatic carbocycles. The number of hydrogen-bond acceptors (Lipinski definition) is 9. The van der Waals surface area contributed by atoms with Gasteiger partial charge in [0, 0.05) is 36.8 Å². The summed E-state index contributed by atoms with van der Waals surface area (Å²) in [5.74, 6) is 6.13. The Morgan fingerprint density at radius 2 is 0.782 bits per heavy atom. The maximum Gasteiger partial charge on any atom is 0.344 e. The van der Waals surface area contributed by atoms with Crippen LogP contribution in [0.3, 0.4) is 0 Å². The predicted molar refractivity (Wildman–Crippen MR) is 305 cm³/mol. The van der Waals surface area contributed by atoms with Crippen LogP contribution in [-0.2, 0) is 44.7 Å². The van der Waals surface area contributed by atoms with Gasteiger partial charge in [0.05, 0.1) is 0 Å². The summed E-state index contributed by atoms with van der Waals surface area (Å²) in [5.41, 5.74) is 12.5. The molecule has 0 heterocycles. The molecule has 5 aromatic rings. The van der Waals surface area contributed by atoms with E-state index in [1.807, 2.05) is 97.0 Å². The molecule has 9 heteroatoms. The van der Waals surface area contributed by atoms with Crippen molar-refractivity contribution >= 4 is 11.9 Å². The van der Waals surface area contributed by atoms with Gasteiger partial charge in [-0.2, -0.15) is 0 Å². The van der Waals surface area contributed by atoms with Gasteiger partial charge in [0.1, 0.15) is 39.9 Å². The Balaban J connectivity index is 0.791. The van der Waals surface area contributed by atoms with Crippen LogP contribution >= 0.6 is 0 Å². The fraction of sp³-hybridized carbons (Fsp3) is 0.536. The van der Waals surface area contributed by atoms with Crippen molar-refractivity contribution in [1.82, 2.24) is 0 Å². The molecule has 78 heavy (non-hydrogen) atoms. The molecule has 0 saturated heterocycles. The van der Waals surface area contributed by atoms with E-state index in [0.717, 1.165) is 120 Å². The van der Waals surface area contributed by atoms with Crippen LogP contribution in [0, 0.1) is 95.8 Å². The summed E-state index contributed by atoms with van der Waals surface area (Å²) in [6.07, 6.45) is 15.4. The van der Waals surface area contributed by atoms with Crippen molar-refractivity contribution in [1.29, 1.82) is 0 Å². The lowest BCUT2D eigenvalue weighted by Gasteiger charge is -2.60. The molecule has 0 aliphatic heterocycles. The first-order valence-electron chi connectivity index (χ1n) is 29.6. The van der Waals surface area contributed by atoms with Gasteiger partial charge >= 0.3 is 11.9 Å². The average molecular weight is 1060 g/mol. The SMILES string of the molecule is CCC1(OC(=O)COc2ccc(C)cc2Cc2c(C)c(Cc3cc(C)cc(Cc4cc(C)c(O)c(Cc5cc(C)ccc5OCC(=O)OC5(CC)C6CC7CC(C6)CC5C7)c4C)c3O)cc(C)c2O)C2CC3CC(C2)CC1C3. The van der Waals surface area contributed by atoms with E-state index in [1.54, 1.807) is 0 Å². The number of carbonyl (C=O) groups is 2. The van der Waals surface area contributed by atoms with Crippen LogP contribution in [-0.4, -0.2) is 51.7 Å². The molecule has 0 aromatic heterocycles. The molecule has 414 valence electrons. The number of hydrogen-bond donors (Lipinski definition) is 3. The summed E-state index contributed by atoms with van der Waals surface area (Å²) < 4.78 is 25.7. The summed E-state index contributed by atoms with van der Waals surface area (Å²) in [7, 11) is 0. The largest absolute Gasteiger partial charge is 0.507 e. The van der Waals surface area contributed by atoms with Gasteiger partial charge in [-0.1, -0.05) is 79.1 Å². The zero-order valence-electron chi connectivity index (χ0n) is 47.9. The number of esters is 2. The van der Waals surface area contributed by atoms with Gasteiger partial charge in [-0.25, -0.2) is 9.59 Å². The molecule has 0 spiro atoms. The number of aromatic hydroxyl groups is 3. The third-order valence-electron chi connectivity index (χ3n) is 20.8. The first-order valence-corrected chi connectivity index (χ1v) is 29.6. The fourth-order valence-electron chi connectivity index (χ4n) is 17.2. The van der Waals surface area contributed by atoms with Crippen LogP contribution in [0.15, 0.2) is 60.7 Å². The molecule has 0 atom stereocenters. The molecule has 0 amide bonds. The Hall–Kier alpha value is -5.96. The number of benzene rings is 5. The highest BCUT2D eigenvalue weighted by atomic mass is 16.6. The minimum Gasteiger partial charge on any atom is -0.507 e. The maximum absolute atomic E-state index is 13.7. The van der Waals surface area contributed by atoms with E-state index in [2.05, 4.69) is 26.0 Å². The van der Waals surface area contributed by atoms with Crippen LogP contribution in [0.2, 0.25) is 0 Å². The van der Waals surface area contributed by atoms with E-state index in [-0.39, 0.29) is 53.6 Å². The second kappa shape index (κ2) is 21.3. The average Bonchev–Trinajstić information content (AvgIpc) is 3.46. The third kappa shape index (κ3) is 10.1. The van der Waals surface area contributed by atoms with Crippen LogP contribution in [0.1, 0.15) is 174 Å². The summed E-state index contributed by atoms with van der Waals surface area (Å²) in [4.78, 5) is 27.4. The molecule has 8 aliphatic rings. The molecule has 0 radical (unpaired) electrons. The number of rotatable bonds is 18. The van der Waals surface area contributed by atoms with Crippen LogP contribution in [0.25, 0.3) is 0 Å². The smallest absolute Gasteiger partial charge is 0.344 e. The first kappa shape index (κ1) is 54.0. The van der Waals surface area contributed by atoms with Crippen LogP contribution in [0.4, 0.5) is 0 Å². The Labute approximate surface area is 463 Å². The highest BCUT2D eigenvalue weighted by Gasteiger charge is 2.60. The van der Waals surface area contributed by atoms with Gasteiger partial charge in [0.2, 0.25) is 0 Å². The number of carbonyl (C=O) groups excluding carboxylic acids is 2. The number of aryl methyl sites for hydroxylation is 5. The molecule has 9 nitrogen and oxygen atoms in total. The Morgan fingerprint density at radius 1 is 0.436 bits per heavy atom. The molecule has 8 bridgehead atoms. The Bertz CT molecular complexity index is 2880. The summed E-state index contributed by atoms with van der Waals surface area (Å²) >= 11 is 0. The van der Waals surface area contributed by atoms with Gasteiger partial charge in [-0.3, -0.25) is 0 Å². The summed E-state index contributed by atoms with van der Waals surface area (Å²) in [5, 5.41) is 35.6. The zero-order chi connectivity index (χ0) is 54.9. The summed E-state index contributed by atoms with van der Waals surface area (Å²) in [6.45, 7) is 18.0. The van der Waals surface area contributed by atoms with Gasteiger partial charge in [0.15, 0.2) is 13.2 Å². The predicted octanol–water partition coefficient (Wildman–Crippen LogP) is 14.4. The van der Waals surface area contributed by atoms with E-state index in [0.29, 0.717) is 60.9 Å². The fourth-order valence-corrected chi connectivity index (χ4v) is 17.2. The van der Waals surface area contributed by atoms with Gasteiger partial charge in [-0.15, -0.1) is 0 Å². The highest BCUT2D eigenvalue weighted by Crippen LogP contribution is 2.62. The topological polar surface area (TPSA) is 132 Å². The lowest BCUT2D eigenvalue weighted by molar-refractivity contribution is -0.212. The minimum absolute atomic E-state index is 0.170. The van der Waals surface area contributed by atoms with Crippen molar-refractivity contribution in [2.45, 2.75) is 176 Å². The second-order valence-corrected chi connectivity index (χ2v) is 25.7. The van der Waals surface area contributed by atoms with Crippen molar-refractivity contribution < 1.29 is 43.9 Å². The summed E-state index contributed by atoms with van der Waals surface area (Å²) in [6, 6.07) is 20.1. The van der Waals surface area contributed by atoms with Crippen LogP contribution < -0.4 is 9.47 Å². The standard InChI is InChI=1S/C69H84O9/c1-10-68(55-24-45-22-46(26-55)27-56(68)25-45)77-63(70)36-75-61-14-12-38(3)16-51(61)34-59-43(8)49(20-41(6)65(59)72)32-53-18-40(5)19-54(67(53)74)33-50-21-42(7)66(73)60(44(50)9)35-52-17-39(4)13-15-62(52)76-37-64(71)78-69(11-2)57-28-47-23-48(30-57)31-58(69)29-47/h12-21,45-48,55-58,72-74H,10-11,22-37H2,1-9H3. The molecule has 8 saturated carbocycles. The molecule has 0 unspecified atom stereocenters. The second-order valence-electron chi connectivity index (χ2n) is 25.7. The van der Waals surface area contributed by atoms with Crippen molar-refractivity contribution in [3.63, 3.8) is 0 Å². The molecular formula is C69H84O9. The van der Waals surface area contributed by atoms with E-state index in [9.17, 15) is 24.9 Å². The maximum atomic E-state index is 13.7. The molecule has 8 fully saturated rings. The normalized spacial score (nSPS) is 27.3. The molecule has 13 rings (SSSR count). The van der Waals surface area contributed by atoms with Crippen molar-refractivity contribution in [3.8, 4) is 28.7 Å². The van der Waals surface area contributed by atoms with Crippen LogP contribution in [0.5, 0.6) is 28.7 Å². The highest BCUT2D eigenvalue weighted by molar-refractivity contribution is 5.72. The molecular weight excluding hydrogens is 973 g/mol. The van der Waals surface area contributed by atoms with E-state index < -0.39 is 0 Å². The van der Waals surface area contributed by atoms with Crippen molar-refractivity contribution in [3.05, 3.63) is 144 Å². The number of ether oxygens (including phenoxy) is 4. The Kier molecular flexibility index (Phi) is 14.7. The van der Waals surface area contributed by atoms with Crippen molar-refractivity contribution in [2.75, 3.05) is 13.2 Å². The first-order chi connectivity index (χ1) is 37.3. The number of phenols is 3.